The van der Waals surface area contributed by atoms with Crippen molar-refractivity contribution in [2.45, 2.75) is 13.1 Å². The van der Waals surface area contributed by atoms with Crippen LogP contribution in [-0.4, -0.2) is 9.97 Å². The second-order valence-corrected chi connectivity index (χ2v) is 6.28. The number of aryl methyl sites for hydroxylation is 1. The van der Waals surface area contributed by atoms with Gasteiger partial charge in [-0.05, 0) is 31.2 Å². The van der Waals surface area contributed by atoms with Crippen LogP contribution in [-0.2, 0) is 6.18 Å². The molecule has 0 saturated carbocycles. The molecule has 0 amide bonds. The van der Waals surface area contributed by atoms with Gasteiger partial charge in [0.1, 0.15) is 10.6 Å². The standard InChI is InChI=1S/C16H10ClF3N2OS/c1-9-7-21-14(10-2-4-11(17)5-3-10)22-15(9)23-12-6-13(24-8-12)16(18,19)20/h2-8H,1H3. The van der Waals surface area contributed by atoms with Crippen LogP contribution in [0, 0.1) is 6.92 Å². The normalized spacial score (nSPS) is 11.5. The van der Waals surface area contributed by atoms with Gasteiger partial charge in [-0.1, -0.05) is 11.6 Å². The summed E-state index contributed by atoms with van der Waals surface area (Å²) in [7, 11) is 0. The van der Waals surface area contributed by atoms with E-state index in [9.17, 15) is 13.2 Å². The van der Waals surface area contributed by atoms with Gasteiger partial charge in [-0.2, -0.15) is 18.2 Å². The van der Waals surface area contributed by atoms with Crippen molar-refractivity contribution in [3.8, 4) is 23.0 Å². The molecule has 0 spiro atoms. The van der Waals surface area contributed by atoms with E-state index in [1.807, 2.05) is 0 Å². The Morgan fingerprint density at radius 3 is 2.50 bits per heavy atom. The zero-order valence-electron chi connectivity index (χ0n) is 12.3. The molecule has 0 N–H and O–H groups in total. The van der Waals surface area contributed by atoms with E-state index >= 15 is 0 Å². The molecule has 0 fully saturated rings. The maximum atomic E-state index is 12.7. The maximum absolute atomic E-state index is 12.7. The fraction of sp³-hybridized carbons (Fsp3) is 0.125. The van der Waals surface area contributed by atoms with Crippen molar-refractivity contribution in [1.29, 1.82) is 0 Å². The van der Waals surface area contributed by atoms with E-state index < -0.39 is 11.1 Å². The first-order chi connectivity index (χ1) is 11.3. The van der Waals surface area contributed by atoms with Gasteiger partial charge in [0.25, 0.3) is 0 Å². The van der Waals surface area contributed by atoms with E-state index in [1.165, 1.54) is 5.38 Å². The molecule has 0 unspecified atom stereocenters. The van der Waals surface area contributed by atoms with Crippen molar-refractivity contribution < 1.29 is 17.9 Å². The first-order valence-corrected chi connectivity index (χ1v) is 8.02. The zero-order valence-corrected chi connectivity index (χ0v) is 13.8. The van der Waals surface area contributed by atoms with Gasteiger partial charge in [-0.3, -0.25) is 0 Å². The zero-order chi connectivity index (χ0) is 17.3. The summed E-state index contributed by atoms with van der Waals surface area (Å²) in [5.74, 6) is 0.705. The van der Waals surface area contributed by atoms with Gasteiger partial charge in [0.2, 0.25) is 5.88 Å². The summed E-state index contributed by atoms with van der Waals surface area (Å²) in [6.07, 6.45) is -2.83. The first-order valence-electron chi connectivity index (χ1n) is 6.76. The molecule has 8 heteroatoms. The highest BCUT2D eigenvalue weighted by atomic mass is 35.5. The third-order valence-corrected chi connectivity index (χ3v) is 4.30. The van der Waals surface area contributed by atoms with Gasteiger partial charge in [0, 0.05) is 33.8 Å². The van der Waals surface area contributed by atoms with Crippen molar-refractivity contribution in [3.05, 3.63) is 57.4 Å². The van der Waals surface area contributed by atoms with Crippen LogP contribution in [0.4, 0.5) is 13.2 Å². The molecular formula is C16H10ClF3N2OS. The molecule has 2 heterocycles. The van der Waals surface area contributed by atoms with Crippen LogP contribution in [0.1, 0.15) is 10.4 Å². The monoisotopic (exact) mass is 370 g/mol. The van der Waals surface area contributed by atoms with Crippen molar-refractivity contribution in [2.24, 2.45) is 0 Å². The minimum Gasteiger partial charge on any atom is -0.438 e. The summed E-state index contributed by atoms with van der Waals surface area (Å²) in [6, 6.07) is 7.87. The molecule has 0 atom stereocenters. The van der Waals surface area contributed by atoms with Gasteiger partial charge in [-0.15, -0.1) is 11.3 Å². The summed E-state index contributed by atoms with van der Waals surface area (Å²) in [5.41, 5.74) is 1.35. The van der Waals surface area contributed by atoms with E-state index in [-0.39, 0.29) is 11.6 Å². The molecule has 0 saturated heterocycles. The average Bonchev–Trinajstić information content (AvgIpc) is 2.99. The predicted octanol–water partition coefficient (Wildman–Crippen LogP) is 5.98. The Hall–Kier alpha value is -2.12. The molecule has 0 radical (unpaired) electrons. The van der Waals surface area contributed by atoms with Crippen molar-refractivity contribution >= 4 is 22.9 Å². The number of ether oxygens (including phenoxy) is 1. The summed E-state index contributed by atoms with van der Waals surface area (Å²) in [6.45, 7) is 1.72. The fourth-order valence-electron chi connectivity index (χ4n) is 1.90. The van der Waals surface area contributed by atoms with E-state index in [0.717, 1.165) is 11.6 Å². The first kappa shape index (κ1) is 16.7. The van der Waals surface area contributed by atoms with Crippen molar-refractivity contribution in [1.82, 2.24) is 9.97 Å². The Kier molecular flexibility index (Phi) is 4.47. The Labute approximate surface area is 144 Å². The van der Waals surface area contributed by atoms with Gasteiger partial charge in [-0.25, -0.2) is 4.98 Å². The van der Waals surface area contributed by atoms with Crippen LogP contribution < -0.4 is 4.74 Å². The predicted molar refractivity (Wildman–Crippen MR) is 86.6 cm³/mol. The maximum Gasteiger partial charge on any atom is 0.425 e. The van der Waals surface area contributed by atoms with Crippen LogP contribution in [0.15, 0.2) is 41.9 Å². The number of hydrogen-bond acceptors (Lipinski definition) is 4. The number of nitrogens with zero attached hydrogens (tertiary/aromatic N) is 2. The quantitative estimate of drug-likeness (QED) is 0.569. The van der Waals surface area contributed by atoms with Gasteiger partial charge < -0.3 is 4.74 Å². The van der Waals surface area contributed by atoms with E-state index in [4.69, 9.17) is 16.3 Å². The Morgan fingerprint density at radius 2 is 1.88 bits per heavy atom. The SMILES string of the molecule is Cc1cnc(-c2ccc(Cl)cc2)nc1Oc1csc(C(F)(F)F)c1. The third-order valence-electron chi connectivity index (χ3n) is 3.10. The highest BCUT2D eigenvalue weighted by molar-refractivity contribution is 7.10. The molecule has 1 aromatic carbocycles. The van der Waals surface area contributed by atoms with Gasteiger partial charge in [0.05, 0.1) is 0 Å². The van der Waals surface area contributed by atoms with E-state index in [1.54, 1.807) is 37.4 Å². The van der Waals surface area contributed by atoms with Crippen LogP contribution >= 0.6 is 22.9 Å². The van der Waals surface area contributed by atoms with E-state index in [0.29, 0.717) is 27.7 Å². The Morgan fingerprint density at radius 1 is 1.17 bits per heavy atom. The van der Waals surface area contributed by atoms with Crippen LogP contribution in [0.3, 0.4) is 0 Å². The molecule has 0 aliphatic heterocycles. The minimum absolute atomic E-state index is 0.0937. The highest BCUT2D eigenvalue weighted by Gasteiger charge is 2.32. The lowest BCUT2D eigenvalue weighted by Crippen LogP contribution is -2.01. The summed E-state index contributed by atoms with van der Waals surface area (Å²) in [4.78, 5) is 7.78. The van der Waals surface area contributed by atoms with Crippen LogP contribution in [0.25, 0.3) is 11.4 Å². The lowest BCUT2D eigenvalue weighted by Gasteiger charge is -2.08. The second kappa shape index (κ2) is 6.41. The van der Waals surface area contributed by atoms with Crippen LogP contribution in [0.5, 0.6) is 11.6 Å². The fourth-order valence-corrected chi connectivity index (χ4v) is 2.70. The third kappa shape index (κ3) is 3.68. The summed E-state index contributed by atoms with van der Waals surface area (Å²) < 4.78 is 43.5. The minimum atomic E-state index is -4.39. The van der Waals surface area contributed by atoms with Gasteiger partial charge in [0.15, 0.2) is 5.82 Å². The number of benzene rings is 1. The molecule has 0 bridgehead atoms. The molecule has 124 valence electrons. The number of hydrogen-bond donors (Lipinski definition) is 0. The number of thiophene rings is 1. The van der Waals surface area contributed by atoms with Gasteiger partial charge >= 0.3 is 6.18 Å². The highest BCUT2D eigenvalue weighted by Crippen LogP contribution is 2.38. The largest absolute Gasteiger partial charge is 0.438 e. The number of alkyl halides is 3. The Balaban J connectivity index is 1.89. The summed E-state index contributed by atoms with van der Waals surface area (Å²) >= 11 is 6.42. The van der Waals surface area contributed by atoms with E-state index in [2.05, 4.69) is 9.97 Å². The number of aromatic nitrogens is 2. The van der Waals surface area contributed by atoms with Crippen LogP contribution in [0.2, 0.25) is 5.02 Å². The number of rotatable bonds is 3. The molecule has 0 aliphatic rings. The lowest BCUT2D eigenvalue weighted by molar-refractivity contribution is -0.134. The Bertz CT molecular complexity index is 863. The summed E-state index contributed by atoms with van der Waals surface area (Å²) in [5, 5.41) is 1.88. The molecular weight excluding hydrogens is 361 g/mol. The second-order valence-electron chi connectivity index (χ2n) is 4.94. The lowest BCUT2D eigenvalue weighted by atomic mass is 10.2. The molecule has 24 heavy (non-hydrogen) atoms. The smallest absolute Gasteiger partial charge is 0.425 e. The topological polar surface area (TPSA) is 35.0 Å². The average molecular weight is 371 g/mol. The van der Waals surface area contributed by atoms with Crippen molar-refractivity contribution in [2.75, 3.05) is 0 Å². The molecule has 3 nitrogen and oxygen atoms in total. The molecule has 3 rings (SSSR count). The molecule has 2 aromatic heterocycles. The molecule has 3 aromatic rings. The van der Waals surface area contributed by atoms with Crippen molar-refractivity contribution in [3.63, 3.8) is 0 Å². The molecule has 0 aliphatic carbocycles. The number of halogens is 4.